The van der Waals surface area contributed by atoms with Crippen molar-refractivity contribution in [3.05, 3.63) is 23.8 Å². The van der Waals surface area contributed by atoms with Gasteiger partial charge in [-0.3, -0.25) is 4.79 Å². The fourth-order valence-electron chi connectivity index (χ4n) is 2.03. The van der Waals surface area contributed by atoms with E-state index in [0.717, 1.165) is 11.4 Å². The van der Waals surface area contributed by atoms with Gasteiger partial charge in [-0.15, -0.1) is 0 Å². The van der Waals surface area contributed by atoms with Crippen LogP contribution in [0.25, 0.3) is 0 Å². The SMILES string of the molecule is CC(C)C1Oc2ccc(C(C)(C)C)cc2NC1=O. The van der Waals surface area contributed by atoms with Gasteiger partial charge in [-0.1, -0.05) is 40.7 Å². The van der Waals surface area contributed by atoms with E-state index in [2.05, 4.69) is 32.2 Å². The summed E-state index contributed by atoms with van der Waals surface area (Å²) in [6.45, 7) is 10.4. The zero-order valence-electron chi connectivity index (χ0n) is 11.7. The molecule has 0 spiro atoms. The highest BCUT2D eigenvalue weighted by molar-refractivity contribution is 5.98. The van der Waals surface area contributed by atoms with Crippen molar-refractivity contribution >= 4 is 11.6 Å². The molecule has 1 aromatic carbocycles. The van der Waals surface area contributed by atoms with Gasteiger partial charge in [0.2, 0.25) is 0 Å². The van der Waals surface area contributed by atoms with Crippen LogP contribution in [0.5, 0.6) is 5.75 Å². The van der Waals surface area contributed by atoms with Crippen LogP contribution in [0, 0.1) is 5.92 Å². The van der Waals surface area contributed by atoms with Gasteiger partial charge >= 0.3 is 0 Å². The molecule has 1 aliphatic rings. The fraction of sp³-hybridized carbons (Fsp3) is 0.533. The first-order valence-corrected chi connectivity index (χ1v) is 6.41. The maximum absolute atomic E-state index is 11.9. The molecule has 0 aliphatic carbocycles. The molecule has 18 heavy (non-hydrogen) atoms. The standard InChI is InChI=1S/C15H21NO2/c1-9(2)13-14(17)16-11-8-10(15(3,4)5)6-7-12(11)18-13/h6-9,13H,1-5H3,(H,16,17). The largest absolute Gasteiger partial charge is 0.478 e. The van der Waals surface area contributed by atoms with Gasteiger partial charge in [-0.25, -0.2) is 0 Å². The van der Waals surface area contributed by atoms with Crippen LogP contribution in [-0.2, 0) is 10.2 Å². The molecule has 1 N–H and O–H groups in total. The molecule has 98 valence electrons. The van der Waals surface area contributed by atoms with Gasteiger partial charge in [0.05, 0.1) is 5.69 Å². The smallest absolute Gasteiger partial charge is 0.265 e. The van der Waals surface area contributed by atoms with E-state index in [1.54, 1.807) is 0 Å². The predicted molar refractivity (Wildman–Crippen MR) is 73.0 cm³/mol. The van der Waals surface area contributed by atoms with Crippen LogP contribution in [0.3, 0.4) is 0 Å². The second-order valence-corrected chi connectivity index (χ2v) is 6.23. The molecule has 0 saturated heterocycles. The van der Waals surface area contributed by atoms with Crippen LogP contribution < -0.4 is 10.1 Å². The molecule has 2 rings (SSSR count). The Kier molecular flexibility index (Phi) is 3.09. The Hall–Kier alpha value is -1.51. The minimum Gasteiger partial charge on any atom is -0.478 e. The highest BCUT2D eigenvalue weighted by Gasteiger charge is 2.30. The van der Waals surface area contributed by atoms with E-state index in [1.807, 2.05) is 26.0 Å². The highest BCUT2D eigenvalue weighted by Crippen LogP contribution is 2.35. The average molecular weight is 247 g/mol. The Morgan fingerprint density at radius 1 is 1.28 bits per heavy atom. The van der Waals surface area contributed by atoms with E-state index in [4.69, 9.17) is 4.74 Å². The number of nitrogens with one attached hydrogen (secondary N) is 1. The maximum Gasteiger partial charge on any atom is 0.265 e. The first kappa shape index (κ1) is 12.9. The Bertz CT molecular complexity index is 472. The number of amides is 1. The van der Waals surface area contributed by atoms with E-state index in [-0.39, 0.29) is 17.2 Å². The average Bonchev–Trinajstić information content (AvgIpc) is 2.25. The summed E-state index contributed by atoms with van der Waals surface area (Å²) in [6.07, 6.45) is -0.391. The topological polar surface area (TPSA) is 38.3 Å². The molecule has 1 atom stereocenters. The molecule has 1 heterocycles. The zero-order chi connectivity index (χ0) is 13.5. The number of hydrogen-bond donors (Lipinski definition) is 1. The van der Waals surface area contributed by atoms with Crippen LogP contribution in [0.15, 0.2) is 18.2 Å². The lowest BCUT2D eigenvalue weighted by atomic mass is 9.86. The van der Waals surface area contributed by atoms with E-state index in [1.165, 1.54) is 5.56 Å². The summed E-state index contributed by atoms with van der Waals surface area (Å²) < 4.78 is 5.76. The van der Waals surface area contributed by atoms with Crippen molar-refractivity contribution in [2.75, 3.05) is 5.32 Å². The Morgan fingerprint density at radius 3 is 2.50 bits per heavy atom. The lowest BCUT2D eigenvalue weighted by Gasteiger charge is -2.29. The van der Waals surface area contributed by atoms with Gasteiger partial charge in [0.15, 0.2) is 6.10 Å². The van der Waals surface area contributed by atoms with Crippen LogP contribution in [-0.4, -0.2) is 12.0 Å². The minimum absolute atomic E-state index is 0.0523. The molecular weight excluding hydrogens is 226 g/mol. The Balaban J connectivity index is 2.35. The number of fused-ring (bicyclic) bond motifs is 1. The number of anilines is 1. The number of hydrogen-bond acceptors (Lipinski definition) is 2. The summed E-state index contributed by atoms with van der Waals surface area (Å²) in [7, 11) is 0. The maximum atomic E-state index is 11.9. The minimum atomic E-state index is -0.391. The lowest BCUT2D eigenvalue weighted by Crippen LogP contribution is -2.40. The molecule has 0 saturated carbocycles. The number of carbonyl (C=O) groups excluding carboxylic acids is 1. The van der Waals surface area contributed by atoms with Gasteiger partial charge in [0.25, 0.3) is 5.91 Å². The third kappa shape index (κ3) is 2.35. The highest BCUT2D eigenvalue weighted by atomic mass is 16.5. The van der Waals surface area contributed by atoms with Crippen molar-refractivity contribution in [3.8, 4) is 5.75 Å². The summed E-state index contributed by atoms with van der Waals surface area (Å²) in [5.74, 6) is 0.880. The monoisotopic (exact) mass is 247 g/mol. The molecule has 0 radical (unpaired) electrons. The molecule has 1 amide bonds. The van der Waals surface area contributed by atoms with Crippen molar-refractivity contribution in [1.82, 2.24) is 0 Å². The van der Waals surface area contributed by atoms with Crippen molar-refractivity contribution in [2.45, 2.75) is 46.1 Å². The summed E-state index contributed by atoms with van der Waals surface area (Å²) in [5, 5.41) is 2.94. The Morgan fingerprint density at radius 2 is 1.94 bits per heavy atom. The summed E-state index contributed by atoms with van der Waals surface area (Å²) in [4.78, 5) is 11.9. The van der Waals surface area contributed by atoms with Gasteiger partial charge in [-0.05, 0) is 29.0 Å². The molecule has 1 aromatic rings. The second kappa shape index (κ2) is 4.30. The molecular formula is C15H21NO2. The van der Waals surface area contributed by atoms with Crippen LogP contribution in [0.4, 0.5) is 5.69 Å². The zero-order valence-corrected chi connectivity index (χ0v) is 11.7. The van der Waals surface area contributed by atoms with Crippen molar-refractivity contribution in [3.63, 3.8) is 0 Å². The molecule has 3 nitrogen and oxygen atoms in total. The molecule has 1 aliphatic heterocycles. The first-order valence-electron chi connectivity index (χ1n) is 6.41. The number of carbonyl (C=O) groups is 1. The quantitative estimate of drug-likeness (QED) is 0.826. The van der Waals surface area contributed by atoms with Crippen molar-refractivity contribution < 1.29 is 9.53 Å². The van der Waals surface area contributed by atoms with Gasteiger partial charge in [0.1, 0.15) is 5.75 Å². The summed E-state index contributed by atoms with van der Waals surface area (Å²) in [6, 6.07) is 6.02. The van der Waals surface area contributed by atoms with E-state index < -0.39 is 6.10 Å². The second-order valence-electron chi connectivity index (χ2n) is 6.23. The summed E-state index contributed by atoms with van der Waals surface area (Å²) in [5.41, 5.74) is 2.03. The van der Waals surface area contributed by atoms with Crippen LogP contribution in [0.2, 0.25) is 0 Å². The number of ether oxygens (including phenoxy) is 1. The fourth-order valence-corrected chi connectivity index (χ4v) is 2.03. The van der Waals surface area contributed by atoms with Gasteiger partial charge in [0, 0.05) is 0 Å². The molecule has 3 heteroatoms. The predicted octanol–water partition coefficient (Wildman–Crippen LogP) is 3.34. The van der Waals surface area contributed by atoms with Crippen molar-refractivity contribution in [2.24, 2.45) is 5.92 Å². The van der Waals surface area contributed by atoms with Gasteiger partial charge < -0.3 is 10.1 Å². The molecule has 0 aromatic heterocycles. The normalized spacial score (nSPS) is 19.2. The summed E-state index contributed by atoms with van der Waals surface area (Å²) >= 11 is 0. The number of rotatable bonds is 1. The number of benzene rings is 1. The molecule has 1 unspecified atom stereocenters. The third-order valence-electron chi connectivity index (χ3n) is 3.22. The van der Waals surface area contributed by atoms with Gasteiger partial charge in [-0.2, -0.15) is 0 Å². The van der Waals surface area contributed by atoms with E-state index >= 15 is 0 Å². The van der Waals surface area contributed by atoms with Crippen LogP contribution in [0.1, 0.15) is 40.2 Å². The van der Waals surface area contributed by atoms with Crippen LogP contribution >= 0.6 is 0 Å². The van der Waals surface area contributed by atoms with E-state index in [9.17, 15) is 4.79 Å². The van der Waals surface area contributed by atoms with Crippen molar-refractivity contribution in [1.29, 1.82) is 0 Å². The molecule has 0 fully saturated rings. The first-order chi connectivity index (χ1) is 8.29. The third-order valence-corrected chi connectivity index (χ3v) is 3.22. The Labute approximate surface area is 109 Å². The lowest BCUT2D eigenvalue weighted by molar-refractivity contribution is -0.125. The molecule has 0 bridgehead atoms. The van der Waals surface area contributed by atoms with E-state index in [0.29, 0.717) is 0 Å².